The topological polar surface area (TPSA) is 32.9 Å². The van der Waals surface area contributed by atoms with Gasteiger partial charge in [0.15, 0.2) is 0 Å². The molecular formula is C13H14BrNO. The summed E-state index contributed by atoms with van der Waals surface area (Å²) in [7, 11) is 0. The average Bonchev–Trinajstić information content (AvgIpc) is 2.30. The Morgan fingerprint density at radius 1 is 1.31 bits per heavy atom. The molecule has 0 unspecified atom stereocenters. The molecular weight excluding hydrogens is 266 g/mol. The van der Waals surface area contributed by atoms with Crippen LogP contribution < -0.4 is 5.56 Å². The lowest BCUT2D eigenvalue weighted by molar-refractivity contribution is 1.08. The van der Waals surface area contributed by atoms with Crippen LogP contribution in [0.5, 0.6) is 0 Å². The first-order chi connectivity index (χ1) is 7.67. The van der Waals surface area contributed by atoms with E-state index in [1.54, 1.807) is 0 Å². The fourth-order valence-corrected chi connectivity index (χ4v) is 2.52. The van der Waals surface area contributed by atoms with E-state index in [0.29, 0.717) is 0 Å². The molecule has 1 heterocycles. The summed E-state index contributed by atoms with van der Waals surface area (Å²) >= 11 is 3.45. The molecule has 0 fully saturated rings. The van der Waals surface area contributed by atoms with Crippen molar-refractivity contribution in [3.05, 3.63) is 45.2 Å². The zero-order valence-electron chi connectivity index (χ0n) is 9.43. The maximum atomic E-state index is 11.7. The summed E-state index contributed by atoms with van der Waals surface area (Å²) in [6.07, 6.45) is 0.768. The van der Waals surface area contributed by atoms with Gasteiger partial charge in [-0.05, 0) is 35.9 Å². The number of aromatic amines is 1. The summed E-state index contributed by atoms with van der Waals surface area (Å²) in [6, 6.07) is 6.15. The maximum Gasteiger partial charge on any atom is 0.251 e. The molecule has 0 amide bonds. The summed E-state index contributed by atoms with van der Waals surface area (Å²) in [5.74, 6) is 0. The van der Waals surface area contributed by atoms with Crippen molar-refractivity contribution in [3.63, 3.8) is 0 Å². The number of aromatic nitrogens is 1. The maximum absolute atomic E-state index is 11.7. The second-order valence-electron chi connectivity index (χ2n) is 3.92. The molecule has 0 saturated heterocycles. The summed E-state index contributed by atoms with van der Waals surface area (Å²) < 4.78 is 0. The number of rotatable bonds is 2. The van der Waals surface area contributed by atoms with Gasteiger partial charge < -0.3 is 4.98 Å². The SMILES string of the molecule is CCc1cc2ccc(CBr)c(C)c2[nH]c1=O. The molecule has 0 aliphatic rings. The Kier molecular flexibility index (Phi) is 3.15. The van der Waals surface area contributed by atoms with E-state index in [1.165, 1.54) is 5.56 Å². The Morgan fingerprint density at radius 3 is 2.69 bits per heavy atom. The second-order valence-corrected chi connectivity index (χ2v) is 4.49. The highest BCUT2D eigenvalue weighted by atomic mass is 79.9. The van der Waals surface area contributed by atoms with Gasteiger partial charge >= 0.3 is 0 Å². The largest absolute Gasteiger partial charge is 0.321 e. The van der Waals surface area contributed by atoms with Crippen molar-refractivity contribution in [2.24, 2.45) is 0 Å². The molecule has 0 saturated carbocycles. The first-order valence-corrected chi connectivity index (χ1v) is 6.50. The fraction of sp³-hybridized carbons (Fsp3) is 0.308. The molecule has 0 bridgehead atoms. The van der Waals surface area contributed by atoms with Gasteiger partial charge in [0.05, 0.1) is 5.52 Å². The molecule has 1 N–H and O–H groups in total. The van der Waals surface area contributed by atoms with Gasteiger partial charge in [0.2, 0.25) is 0 Å². The summed E-state index contributed by atoms with van der Waals surface area (Å²) in [6.45, 7) is 4.04. The molecule has 0 atom stereocenters. The molecule has 1 aromatic heterocycles. The minimum atomic E-state index is 0.0322. The molecule has 2 aromatic rings. The van der Waals surface area contributed by atoms with Crippen LogP contribution in [0.3, 0.4) is 0 Å². The molecule has 0 radical (unpaired) electrons. The van der Waals surface area contributed by atoms with Crippen LogP contribution in [0.1, 0.15) is 23.6 Å². The normalized spacial score (nSPS) is 10.9. The number of hydrogen-bond donors (Lipinski definition) is 1. The standard InChI is InChI=1S/C13H14BrNO/c1-3-9-6-10-4-5-11(7-14)8(2)12(10)15-13(9)16/h4-6H,3,7H2,1-2H3,(H,15,16). The van der Waals surface area contributed by atoms with Gasteiger partial charge in [0, 0.05) is 10.9 Å². The molecule has 16 heavy (non-hydrogen) atoms. The van der Waals surface area contributed by atoms with Gasteiger partial charge in [0.25, 0.3) is 5.56 Å². The molecule has 2 rings (SSSR count). The number of alkyl halides is 1. The van der Waals surface area contributed by atoms with E-state index in [1.807, 2.05) is 19.9 Å². The number of H-pyrrole nitrogens is 1. The van der Waals surface area contributed by atoms with Gasteiger partial charge in [-0.25, -0.2) is 0 Å². The third-order valence-corrected chi connectivity index (χ3v) is 3.60. The number of pyridine rings is 1. The van der Waals surface area contributed by atoms with E-state index >= 15 is 0 Å². The van der Waals surface area contributed by atoms with Crippen LogP contribution in [-0.2, 0) is 11.8 Å². The Bertz CT molecular complexity index is 586. The zero-order chi connectivity index (χ0) is 11.7. The van der Waals surface area contributed by atoms with Crippen LogP contribution in [0.2, 0.25) is 0 Å². The van der Waals surface area contributed by atoms with E-state index in [0.717, 1.165) is 33.8 Å². The minimum absolute atomic E-state index is 0.0322. The van der Waals surface area contributed by atoms with Crippen molar-refractivity contribution in [1.82, 2.24) is 4.98 Å². The second kappa shape index (κ2) is 4.42. The van der Waals surface area contributed by atoms with Crippen LogP contribution in [0.4, 0.5) is 0 Å². The Hall–Kier alpha value is -1.09. The number of aryl methyl sites for hydroxylation is 2. The van der Waals surface area contributed by atoms with E-state index in [9.17, 15) is 4.79 Å². The van der Waals surface area contributed by atoms with E-state index in [-0.39, 0.29) is 5.56 Å². The predicted octanol–water partition coefficient (Wildman–Crippen LogP) is 3.29. The molecule has 0 spiro atoms. The van der Waals surface area contributed by atoms with Crippen LogP contribution in [0.15, 0.2) is 23.0 Å². The number of nitrogens with one attached hydrogen (secondary N) is 1. The van der Waals surface area contributed by atoms with Gasteiger partial charge in [-0.15, -0.1) is 0 Å². The van der Waals surface area contributed by atoms with Crippen molar-refractivity contribution < 1.29 is 0 Å². The van der Waals surface area contributed by atoms with E-state index < -0.39 is 0 Å². The van der Waals surface area contributed by atoms with Crippen molar-refractivity contribution >= 4 is 26.8 Å². The number of fused-ring (bicyclic) bond motifs is 1. The third-order valence-electron chi connectivity index (χ3n) is 2.99. The first kappa shape index (κ1) is 11.4. The lowest BCUT2D eigenvalue weighted by atomic mass is 10.0. The van der Waals surface area contributed by atoms with E-state index in [2.05, 4.69) is 33.0 Å². The van der Waals surface area contributed by atoms with Crippen molar-refractivity contribution in [2.75, 3.05) is 0 Å². The first-order valence-electron chi connectivity index (χ1n) is 5.37. The Morgan fingerprint density at radius 2 is 2.06 bits per heavy atom. The van der Waals surface area contributed by atoms with Crippen molar-refractivity contribution in [3.8, 4) is 0 Å². The van der Waals surface area contributed by atoms with Crippen LogP contribution in [0, 0.1) is 6.92 Å². The molecule has 0 aliphatic carbocycles. The highest BCUT2D eigenvalue weighted by molar-refractivity contribution is 9.08. The van der Waals surface area contributed by atoms with E-state index in [4.69, 9.17) is 0 Å². The highest BCUT2D eigenvalue weighted by Crippen LogP contribution is 2.21. The van der Waals surface area contributed by atoms with Gasteiger partial charge in [-0.1, -0.05) is 35.0 Å². The quantitative estimate of drug-likeness (QED) is 0.841. The van der Waals surface area contributed by atoms with Crippen LogP contribution >= 0.6 is 15.9 Å². The lowest BCUT2D eigenvalue weighted by Gasteiger charge is -2.08. The third kappa shape index (κ3) is 1.80. The predicted molar refractivity (Wildman–Crippen MR) is 71.3 cm³/mol. The molecule has 1 aromatic carbocycles. The van der Waals surface area contributed by atoms with Crippen molar-refractivity contribution in [2.45, 2.75) is 25.6 Å². The van der Waals surface area contributed by atoms with Crippen LogP contribution in [0.25, 0.3) is 10.9 Å². The number of halogens is 1. The zero-order valence-corrected chi connectivity index (χ0v) is 11.0. The average molecular weight is 280 g/mol. The van der Waals surface area contributed by atoms with Crippen molar-refractivity contribution in [1.29, 1.82) is 0 Å². The Labute approximate surface area is 103 Å². The molecule has 84 valence electrons. The summed E-state index contributed by atoms with van der Waals surface area (Å²) in [5.41, 5.74) is 4.20. The highest BCUT2D eigenvalue weighted by Gasteiger charge is 2.06. The number of hydrogen-bond acceptors (Lipinski definition) is 1. The molecule has 2 nitrogen and oxygen atoms in total. The van der Waals surface area contributed by atoms with Crippen LogP contribution in [-0.4, -0.2) is 4.98 Å². The smallest absolute Gasteiger partial charge is 0.251 e. The van der Waals surface area contributed by atoms with Gasteiger partial charge in [-0.2, -0.15) is 0 Å². The molecule has 0 aliphatic heterocycles. The summed E-state index contributed by atoms with van der Waals surface area (Å²) in [5, 5.41) is 1.92. The summed E-state index contributed by atoms with van der Waals surface area (Å²) in [4.78, 5) is 14.7. The minimum Gasteiger partial charge on any atom is -0.321 e. The Balaban J connectivity index is 2.81. The fourth-order valence-electron chi connectivity index (χ4n) is 1.92. The monoisotopic (exact) mass is 279 g/mol. The van der Waals surface area contributed by atoms with Gasteiger partial charge in [-0.3, -0.25) is 4.79 Å². The van der Waals surface area contributed by atoms with Gasteiger partial charge in [0.1, 0.15) is 0 Å². The number of benzene rings is 1. The molecule has 3 heteroatoms. The lowest BCUT2D eigenvalue weighted by Crippen LogP contribution is -2.12.